The molecule has 5 rings (SSSR count). The number of benzene rings is 3. The molecule has 0 saturated carbocycles. The van der Waals surface area contributed by atoms with Gasteiger partial charge in [-0.05, 0) is 53.6 Å². The Bertz CT molecular complexity index is 1390. The number of fused-ring (bicyclic) bond motifs is 2. The Hall–Kier alpha value is -3.06. The molecule has 0 amide bonds. The first kappa shape index (κ1) is 25.6. The van der Waals surface area contributed by atoms with Gasteiger partial charge >= 0.3 is 0 Å². The second-order valence-electron chi connectivity index (χ2n) is 10.6. The van der Waals surface area contributed by atoms with E-state index in [0.29, 0.717) is 12.4 Å². The van der Waals surface area contributed by atoms with Crippen LogP contribution in [0, 0.1) is 0 Å². The summed E-state index contributed by atoms with van der Waals surface area (Å²) in [5.74, 6) is 1.20. The third-order valence-corrected chi connectivity index (χ3v) is 11.3. The molecule has 1 N–H and O–H groups in total. The number of ether oxygens (including phenoxy) is 1. The van der Waals surface area contributed by atoms with E-state index in [1.807, 2.05) is 36.4 Å². The van der Waals surface area contributed by atoms with Crippen molar-refractivity contribution in [3.63, 3.8) is 0 Å². The first-order valence-corrected chi connectivity index (χ1v) is 14.8. The zero-order valence-corrected chi connectivity index (χ0v) is 24.4. The van der Waals surface area contributed by atoms with Crippen molar-refractivity contribution in [1.29, 1.82) is 0 Å². The quantitative estimate of drug-likeness (QED) is 0.233. The smallest absolute Gasteiger partial charge is 0.119 e. The first-order valence-electron chi connectivity index (χ1n) is 12.7. The third-order valence-electron chi connectivity index (χ3n) is 7.44. The molecule has 2 aliphatic rings. The number of allylic oxidation sites excluding steroid dienone is 4. The Kier molecular flexibility index (Phi) is 6.92. The first-order chi connectivity index (χ1) is 17.7. The Morgan fingerprint density at radius 2 is 1.59 bits per heavy atom. The molecule has 0 saturated heterocycles. The minimum atomic E-state index is -0.438. The van der Waals surface area contributed by atoms with Gasteiger partial charge < -0.3 is 17.9 Å². The highest BCUT2D eigenvalue weighted by molar-refractivity contribution is 14.2. The lowest BCUT2D eigenvalue weighted by atomic mass is 9.80. The molecule has 3 aromatic rings. The second kappa shape index (κ2) is 10.0. The average Bonchev–Trinajstić information content (AvgIpc) is 3.07. The summed E-state index contributed by atoms with van der Waals surface area (Å²) in [5, 5.41) is 10.3. The standard InChI is InChI=1S/C32H35IN2O2/c1-31(2)26-22-23(36)18-19-28(26)35(20-21-37-24-12-7-6-8-13-24)33-29(31)16-11-17-30-32(3,4)25-14-9-10-15-27(25)34(30)5/h6-19,22,36H,20-21H2,1-5H3/b16-11+,30-17+. The van der Waals surface area contributed by atoms with Gasteiger partial charge in [0.05, 0.1) is 6.54 Å². The number of para-hydroxylation sites is 2. The van der Waals surface area contributed by atoms with Crippen molar-refractivity contribution < 1.29 is 9.84 Å². The summed E-state index contributed by atoms with van der Waals surface area (Å²) in [5.41, 5.74) is 6.10. The molecule has 37 heavy (non-hydrogen) atoms. The van der Waals surface area contributed by atoms with Gasteiger partial charge in [-0.15, -0.1) is 0 Å². The van der Waals surface area contributed by atoms with Crippen molar-refractivity contribution in [2.45, 2.75) is 38.5 Å². The number of nitrogens with zero attached hydrogens (tertiary/aromatic N) is 2. The lowest BCUT2D eigenvalue weighted by Gasteiger charge is -2.38. The van der Waals surface area contributed by atoms with Gasteiger partial charge in [-0.25, -0.2) is 0 Å². The normalized spacial score (nSPS) is 18.8. The van der Waals surface area contributed by atoms with Gasteiger partial charge in [0.25, 0.3) is 0 Å². The third kappa shape index (κ3) is 4.81. The summed E-state index contributed by atoms with van der Waals surface area (Å²) in [7, 11) is 2.16. The van der Waals surface area contributed by atoms with Crippen molar-refractivity contribution in [2.24, 2.45) is 0 Å². The lowest BCUT2D eigenvalue weighted by Crippen LogP contribution is -2.35. The van der Waals surface area contributed by atoms with Crippen molar-refractivity contribution in [2.75, 3.05) is 28.2 Å². The molecular weight excluding hydrogens is 571 g/mol. The number of hydrogen-bond acceptors (Lipinski definition) is 4. The summed E-state index contributed by atoms with van der Waals surface area (Å²) in [6, 6.07) is 24.4. The molecular formula is C32H35IN2O2. The summed E-state index contributed by atoms with van der Waals surface area (Å²) in [6.07, 6.45) is 6.81. The van der Waals surface area contributed by atoms with E-state index in [0.717, 1.165) is 17.9 Å². The minimum absolute atomic E-state index is 0.0450. The molecule has 192 valence electrons. The topological polar surface area (TPSA) is 35.9 Å². The van der Waals surface area contributed by atoms with E-state index in [1.54, 1.807) is 6.07 Å². The number of halogens is 1. The fourth-order valence-electron chi connectivity index (χ4n) is 5.31. The van der Waals surface area contributed by atoms with Crippen LogP contribution < -0.4 is 12.8 Å². The number of rotatable bonds is 6. The van der Waals surface area contributed by atoms with Gasteiger partial charge in [0.2, 0.25) is 0 Å². The van der Waals surface area contributed by atoms with Crippen LogP contribution in [0.25, 0.3) is 0 Å². The predicted octanol–water partition coefficient (Wildman–Crippen LogP) is 7.49. The molecule has 0 aliphatic carbocycles. The molecule has 2 heterocycles. The number of anilines is 2. The van der Waals surface area contributed by atoms with Crippen LogP contribution in [0.15, 0.2) is 96.7 Å². The van der Waals surface area contributed by atoms with Crippen LogP contribution in [-0.4, -0.2) is 28.8 Å². The highest BCUT2D eigenvalue weighted by atomic mass is 127. The van der Waals surface area contributed by atoms with Gasteiger partial charge in [0, 0.05) is 59.5 Å². The van der Waals surface area contributed by atoms with Crippen molar-refractivity contribution >= 4 is 35.9 Å². The van der Waals surface area contributed by atoms with E-state index < -0.39 is 21.0 Å². The Morgan fingerprint density at radius 1 is 0.865 bits per heavy atom. The van der Waals surface area contributed by atoms with Crippen LogP contribution >= 0.6 is 21.0 Å². The summed E-state index contributed by atoms with van der Waals surface area (Å²) < 4.78 is 9.92. The van der Waals surface area contributed by atoms with Gasteiger partial charge in [0.15, 0.2) is 0 Å². The van der Waals surface area contributed by atoms with Crippen LogP contribution in [0.3, 0.4) is 0 Å². The SMILES string of the molecule is CN1/C(=C/C=C/C2=IN(CCOc3ccccc3)c3ccc(O)cc3C2(C)C)C(C)(C)c2ccccc21. The summed E-state index contributed by atoms with van der Waals surface area (Å²) >= 11 is -0.438. The molecule has 0 unspecified atom stereocenters. The van der Waals surface area contributed by atoms with Gasteiger partial charge in [-0.1, -0.05) is 76.2 Å². The molecule has 0 bridgehead atoms. The lowest BCUT2D eigenvalue weighted by molar-refractivity contribution is 0.330. The molecule has 0 spiro atoms. The van der Waals surface area contributed by atoms with Gasteiger partial charge in [-0.3, -0.25) is 0 Å². The maximum Gasteiger partial charge on any atom is 0.119 e. The van der Waals surface area contributed by atoms with E-state index in [1.165, 1.54) is 26.1 Å². The van der Waals surface area contributed by atoms with Crippen LogP contribution in [-0.2, 0) is 10.8 Å². The summed E-state index contributed by atoms with van der Waals surface area (Å²) in [6.45, 7) is 10.6. The van der Waals surface area contributed by atoms with Crippen molar-refractivity contribution in [3.05, 3.63) is 108 Å². The van der Waals surface area contributed by atoms with E-state index in [2.05, 4.69) is 91.3 Å². The minimum Gasteiger partial charge on any atom is -0.508 e. The van der Waals surface area contributed by atoms with Crippen molar-refractivity contribution in [3.8, 4) is 11.5 Å². The number of phenolic OH excluding ortho intramolecular Hbond substituents is 1. The van der Waals surface area contributed by atoms with E-state index in [9.17, 15) is 5.11 Å². The highest BCUT2D eigenvalue weighted by Gasteiger charge is 2.38. The molecule has 4 nitrogen and oxygen atoms in total. The second-order valence-corrected chi connectivity index (χ2v) is 13.4. The van der Waals surface area contributed by atoms with Crippen molar-refractivity contribution in [1.82, 2.24) is 0 Å². The van der Waals surface area contributed by atoms with E-state index in [4.69, 9.17) is 4.74 Å². The molecule has 0 aromatic heterocycles. The fourth-order valence-corrected chi connectivity index (χ4v) is 8.32. The highest BCUT2D eigenvalue weighted by Crippen LogP contribution is 2.47. The number of phenols is 1. The molecule has 0 atom stereocenters. The molecule has 3 aromatic carbocycles. The van der Waals surface area contributed by atoms with Crippen LogP contribution in [0.4, 0.5) is 11.4 Å². The maximum absolute atomic E-state index is 10.3. The Morgan fingerprint density at radius 3 is 2.35 bits per heavy atom. The monoisotopic (exact) mass is 606 g/mol. The molecule has 2 aliphatic heterocycles. The largest absolute Gasteiger partial charge is 0.508 e. The van der Waals surface area contributed by atoms with E-state index >= 15 is 0 Å². The van der Waals surface area contributed by atoms with E-state index in [-0.39, 0.29) is 10.8 Å². The zero-order chi connectivity index (χ0) is 26.2. The van der Waals surface area contributed by atoms with Gasteiger partial charge in [-0.2, -0.15) is 0 Å². The number of aromatic hydroxyl groups is 1. The average molecular weight is 607 g/mol. The molecule has 5 heteroatoms. The number of hydrogen-bond donors (Lipinski definition) is 1. The molecule has 0 fully saturated rings. The number of likely N-dealkylation sites (N-methyl/N-ethyl adjacent to an activating group) is 1. The predicted molar refractivity (Wildman–Crippen MR) is 165 cm³/mol. The Balaban J connectivity index is 1.43. The zero-order valence-electron chi connectivity index (χ0n) is 22.2. The molecule has 0 radical (unpaired) electrons. The summed E-state index contributed by atoms with van der Waals surface area (Å²) in [4.78, 5) is 2.31. The van der Waals surface area contributed by atoms with Crippen LogP contribution in [0.1, 0.15) is 38.8 Å². The van der Waals surface area contributed by atoms with Gasteiger partial charge in [0.1, 0.15) is 18.1 Å². The van der Waals surface area contributed by atoms with Crippen LogP contribution in [0.2, 0.25) is 0 Å². The Labute approximate surface area is 231 Å². The fraction of sp³-hybridized carbons (Fsp3) is 0.281. The maximum atomic E-state index is 10.3. The van der Waals surface area contributed by atoms with Crippen LogP contribution in [0.5, 0.6) is 11.5 Å².